The first-order chi connectivity index (χ1) is 11.2. The van der Waals surface area contributed by atoms with Crippen LogP contribution in [-0.2, 0) is 6.42 Å². The van der Waals surface area contributed by atoms with Crippen molar-refractivity contribution in [1.82, 2.24) is 0 Å². The molecule has 2 heteroatoms. The van der Waals surface area contributed by atoms with Crippen LogP contribution in [0.5, 0.6) is 11.5 Å². The van der Waals surface area contributed by atoms with Gasteiger partial charge in [-0.1, -0.05) is 54.6 Å². The second kappa shape index (κ2) is 7.01. The van der Waals surface area contributed by atoms with Gasteiger partial charge in [0.05, 0.1) is 0 Å². The lowest BCUT2D eigenvalue weighted by atomic mass is 9.86. The maximum absolute atomic E-state index is 9.52. The summed E-state index contributed by atoms with van der Waals surface area (Å²) in [5.41, 5.74) is 3.69. The second-order valence-corrected chi connectivity index (χ2v) is 5.76. The van der Waals surface area contributed by atoms with Crippen LogP contribution in [0.2, 0.25) is 0 Å². The number of hydrogen-bond donors (Lipinski definition) is 2. The molecule has 0 saturated carbocycles. The van der Waals surface area contributed by atoms with Crippen molar-refractivity contribution in [3.8, 4) is 11.5 Å². The lowest BCUT2D eigenvalue weighted by molar-refractivity contribution is 0.474. The molecule has 0 aliphatic carbocycles. The van der Waals surface area contributed by atoms with E-state index in [1.165, 1.54) is 16.7 Å². The van der Waals surface area contributed by atoms with E-state index in [-0.39, 0.29) is 5.92 Å². The first kappa shape index (κ1) is 15.2. The zero-order chi connectivity index (χ0) is 16.1. The summed E-state index contributed by atoms with van der Waals surface area (Å²) in [6.07, 6.45) is 1.90. The summed E-state index contributed by atoms with van der Waals surface area (Å²) in [6.45, 7) is 0. The van der Waals surface area contributed by atoms with Gasteiger partial charge in [-0.25, -0.2) is 0 Å². The van der Waals surface area contributed by atoms with E-state index in [0.717, 1.165) is 12.8 Å². The van der Waals surface area contributed by atoms with Crippen molar-refractivity contribution < 1.29 is 10.2 Å². The van der Waals surface area contributed by atoms with E-state index in [1.807, 2.05) is 30.3 Å². The highest BCUT2D eigenvalue weighted by atomic mass is 16.3. The van der Waals surface area contributed by atoms with Gasteiger partial charge in [-0.15, -0.1) is 0 Å². The number of benzene rings is 3. The first-order valence-electron chi connectivity index (χ1n) is 7.84. The number of rotatable bonds is 5. The Bertz CT molecular complexity index is 731. The minimum Gasteiger partial charge on any atom is -0.508 e. The summed E-state index contributed by atoms with van der Waals surface area (Å²) in [6, 6.07) is 25.3. The minimum absolute atomic E-state index is 0.283. The van der Waals surface area contributed by atoms with Crippen molar-refractivity contribution in [3.63, 3.8) is 0 Å². The number of phenolic OH excluding ortho intramolecular Hbond substituents is 2. The molecule has 3 aromatic carbocycles. The van der Waals surface area contributed by atoms with Crippen LogP contribution in [-0.4, -0.2) is 10.2 Å². The third-order valence-corrected chi connectivity index (χ3v) is 4.16. The van der Waals surface area contributed by atoms with Gasteiger partial charge in [0.25, 0.3) is 0 Å². The predicted molar refractivity (Wildman–Crippen MR) is 92.8 cm³/mol. The van der Waals surface area contributed by atoms with Gasteiger partial charge >= 0.3 is 0 Å². The summed E-state index contributed by atoms with van der Waals surface area (Å²) in [5, 5.41) is 18.9. The average molecular weight is 304 g/mol. The molecule has 0 fully saturated rings. The van der Waals surface area contributed by atoms with Crippen molar-refractivity contribution >= 4 is 0 Å². The maximum atomic E-state index is 9.52. The van der Waals surface area contributed by atoms with Crippen LogP contribution in [0.1, 0.15) is 29.0 Å². The highest BCUT2D eigenvalue weighted by Gasteiger charge is 2.14. The van der Waals surface area contributed by atoms with Crippen molar-refractivity contribution in [1.29, 1.82) is 0 Å². The van der Waals surface area contributed by atoms with Gasteiger partial charge in [0, 0.05) is 5.92 Å². The smallest absolute Gasteiger partial charge is 0.115 e. The van der Waals surface area contributed by atoms with E-state index >= 15 is 0 Å². The third kappa shape index (κ3) is 3.92. The average Bonchev–Trinajstić information content (AvgIpc) is 2.59. The van der Waals surface area contributed by atoms with Crippen LogP contribution in [0, 0.1) is 0 Å². The molecule has 1 unspecified atom stereocenters. The zero-order valence-corrected chi connectivity index (χ0v) is 12.9. The van der Waals surface area contributed by atoms with E-state index in [1.54, 1.807) is 24.3 Å². The number of hydrogen-bond acceptors (Lipinski definition) is 2. The summed E-state index contributed by atoms with van der Waals surface area (Å²) in [5.74, 6) is 0.872. The third-order valence-electron chi connectivity index (χ3n) is 4.16. The molecule has 0 heterocycles. The second-order valence-electron chi connectivity index (χ2n) is 5.76. The van der Waals surface area contributed by atoms with Crippen LogP contribution >= 0.6 is 0 Å². The quantitative estimate of drug-likeness (QED) is 0.706. The molecule has 0 amide bonds. The van der Waals surface area contributed by atoms with Crippen molar-refractivity contribution in [2.45, 2.75) is 18.8 Å². The predicted octanol–water partition coefficient (Wildman–Crippen LogP) is 4.86. The van der Waals surface area contributed by atoms with Gasteiger partial charge in [-0.3, -0.25) is 0 Å². The molecule has 0 spiro atoms. The van der Waals surface area contributed by atoms with Crippen LogP contribution in [0.4, 0.5) is 0 Å². The highest BCUT2D eigenvalue weighted by Crippen LogP contribution is 2.30. The summed E-state index contributed by atoms with van der Waals surface area (Å²) in [4.78, 5) is 0. The van der Waals surface area contributed by atoms with Crippen molar-refractivity contribution in [3.05, 3.63) is 95.6 Å². The molecule has 0 radical (unpaired) electrons. The van der Waals surface area contributed by atoms with E-state index in [2.05, 4.69) is 24.3 Å². The molecule has 2 N–H and O–H groups in total. The molecule has 116 valence electrons. The van der Waals surface area contributed by atoms with Crippen LogP contribution in [0.25, 0.3) is 0 Å². The molecule has 0 aromatic heterocycles. The molecule has 0 bridgehead atoms. The zero-order valence-electron chi connectivity index (χ0n) is 12.9. The molecule has 2 nitrogen and oxygen atoms in total. The molecular formula is C21H20O2. The van der Waals surface area contributed by atoms with E-state index in [0.29, 0.717) is 11.5 Å². The standard InChI is InChI=1S/C21H20O2/c22-19-11-6-16(7-12-19)8-15-21(17-4-2-1-3-5-17)18-9-13-20(23)14-10-18/h1-7,9-14,21-23H,8,15H2. The molecule has 0 aliphatic heterocycles. The number of phenols is 2. The van der Waals surface area contributed by atoms with Gasteiger partial charge in [0.15, 0.2) is 0 Å². The minimum atomic E-state index is 0.283. The topological polar surface area (TPSA) is 40.5 Å². The van der Waals surface area contributed by atoms with Gasteiger partial charge in [-0.2, -0.15) is 0 Å². The lowest BCUT2D eigenvalue weighted by Crippen LogP contribution is -2.03. The molecule has 1 atom stereocenters. The number of aryl methyl sites for hydroxylation is 1. The Balaban J connectivity index is 1.83. The molecule has 0 saturated heterocycles. The van der Waals surface area contributed by atoms with Crippen molar-refractivity contribution in [2.24, 2.45) is 0 Å². The Hall–Kier alpha value is -2.74. The Morgan fingerprint density at radius 3 is 1.74 bits per heavy atom. The maximum Gasteiger partial charge on any atom is 0.115 e. The fourth-order valence-electron chi connectivity index (χ4n) is 2.89. The van der Waals surface area contributed by atoms with Crippen LogP contribution in [0.15, 0.2) is 78.9 Å². The molecule has 3 aromatic rings. The van der Waals surface area contributed by atoms with E-state index in [9.17, 15) is 10.2 Å². The van der Waals surface area contributed by atoms with E-state index in [4.69, 9.17) is 0 Å². The van der Waals surface area contributed by atoms with E-state index < -0.39 is 0 Å². The highest BCUT2D eigenvalue weighted by molar-refractivity contribution is 5.36. The van der Waals surface area contributed by atoms with Gasteiger partial charge in [-0.05, 0) is 53.8 Å². The molecular weight excluding hydrogens is 284 g/mol. The largest absolute Gasteiger partial charge is 0.508 e. The monoisotopic (exact) mass is 304 g/mol. The van der Waals surface area contributed by atoms with Gasteiger partial charge in [0.1, 0.15) is 11.5 Å². The SMILES string of the molecule is Oc1ccc(CCC(c2ccccc2)c2ccc(O)cc2)cc1. The Morgan fingerprint density at radius 2 is 1.13 bits per heavy atom. The fourth-order valence-corrected chi connectivity index (χ4v) is 2.89. The van der Waals surface area contributed by atoms with Crippen molar-refractivity contribution in [2.75, 3.05) is 0 Å². The van der Waals surface area contributed by atoms with Crippen LogP contribution < -0.4 is 0 Å². The van der Waals surface area contributed by atoms with Crippen LogP contribution in [0.3, 0.4) is 0 Å². The fraction of sp³-hybridized carbons (Fsp3) is 0.143. The molecule has 0 aliphatic rings. The first-order valence-corrected chi connectivity index (χ1v) is 7.84. The van der Waals surface area contributed by atoms with Gasteiger partial charge < -0.3 is 10.2 Å². The summed E-state index contributed by atoms with van der Waals surface area (Å²) in [7, 11) is 0. The summed E-state index contributed by atoms with van der Waals surface area (Å²) >= 11 is 0. The Labute approximate surface area is 136 Å². The normalized spacial score (nSPS) is 12.0. The Morgan fingerprint density at radius 1 is 0.609 bits per heavy atom. The number of aromatic hydroxyl groups is 2. The lowest BCUT2D eigenvalue weighted by Gasteiger charge is -2.18. The summed E-state index contributed by atoms with van der Waals surface area (Å²) < 4.78 is 0. The molecule has 23 heavy (non-hydrogen) atoms. The Kier molecular flexibility index (Phi) is 4.62. The molecule has 3 rings (SSSR count). The van der Waals surface area contributed by atoms with Gasteiger partial charge in [0.2, 0.25) is 0 Å².